The standard InChI is InChI=1S/C26H28N5O4.C26H27N5O3.C26H26N5O2.C12H15N5O3.HI.2Y/c27-25-28-12-21-24(30-25)31(17-29-21)23-11-22(35-14-19-9-5-2-6-10-19)20(26(23,33)16-32)15-34-13-18-7-3-1-4-8-18;1-17-20(15-33-13-18-8-4-2-5-9-18)22(34-14-19-10-6-3-7-11-19)12-21(17)31-16-28-23-24(31)29-26(27)30-25(23)32;1-18-21(16-32-14-19-8-4-2-5-9-19)24(33-15-20-10-6-3-7-11-20)12-23(18)31-17-29-22-13-28-26(27)30-25(22)31;1-5-6(3-18)8(19)2-7(5)17-4-14-9-10(17)15-12(13)16-11(9)20;;;/h1-10,17,20,22-23,32-33H,11,13-16H2,(H2,27,28,30);2-11,16,20-22H,1,12-15H2,(H3,27,29,30,32);2-11,17,21,23-24H,1,12,14-16H2,(H2,27,28,30);4,6-8,18-19H,1-3H2,(H3,13,15,16,20);1H;;/q-1;;-1;;;;/t20?,22-,23-,26-;20-,21-,22-;21-,23-,24-;6-,7-,8-;;;/m0000.../s1. The van der Waals surface area contributed by atoms with Gasteiger partial charge in [-0.15, -0.1) is 24.0 Å². The molecule has 4 saturated carbocycles. The van der Waals surface area contributed by atoms with Crippen molar-refractivity contribution in [3.05, 3.63) is 310 Å². The number of nitrogens with zero attached hydrogens (tertiary/aromatic N) is 14. The molecular formula is C90H97IN20O12Y2-2. The van der Waals surface area contributed by atoms with E-state index >= 15 is 0 Å². The summed E-state index contributed by atoms with van der Waals surface area (Å²) in [4.78, 5) is 70.8. The fraction of sp³-hybridized carbons (Fsp3) is 0.311. The van der Waals surface area contributed by atoms with Gasteiger partial charge in [0.2, 0.25) is 11.9 Å². The normalized spacial score (nSPS) is 21.9. The average Bonchev–Trinajstić information content (AvgIpc) is 1.60. The molecule has 0 bridgehead atoms. The molecule has 4 aliphatic carbocycles. The zero-order chi connectivity index (χ0) is 84.8. The second kappa shape index (κ2) is 44.0. The van der Waals surface area contributed by atoms with E-state index in [1.807, 2.05) is 167 Å². The number of aromatic nitrogens is 16. The zero-order valence-corrected chi connectivity index (χ0v) is 76.5. The molecule has 4 fully saturated rings. The van der Waals surface area contributed by atoms with Gasteiger partial charge in [-0.25, -0.2) is 9.97 Å². The summed E-state index contributed by atoms with van der Waals surface area (Å²) in [6.07, 6.45) is 13.1. The number of imidazole rings is 4. The van der Waals surface area contributed by atoms with Crippen LogP contribution in [0.3, 0.4) is 0 Å². The number of ether oxygens (including phenoxy) is 6. The first-order valence-electron chi connectivity index (χ1n) is 40.1. The van der Waals surface area contributed by atoms with E-state index in [1.54, 1.807) is 28.1 Å². The number of nitrogens with two attached hydrogens (primary N) is 4. The van der Waals surface area contributed by atoms with Crippen LogP contribution < -0.4 is 34.1 Å². The largest absolute Gasteiger partial charge is 0.420 e. The molecular weight excluding hydrogens is 1860 g/mol. The van der Waals surface area contributed by atoms with Crippen LogP contribution in [0.4, 0.5) is 23.8 Å². The summed E-state index contributed by atoms with van der Waals surface area (Å²) in [7, 11) is 0. The van der Waals surface area contributed by atoms with Crippen molar-refractivity contribution in [1.82, 2.24) is 78.1 Å². The van der Waals surface area contributed by atoms with Crippen molar-refractivity contribution in [2.24, 2.45) is 23.7 Å². The number of H-pyrrole nitrogens is 2. The van der Waals surface area contributed by atoms with E-state index in [9.17, 15) is 30.0 Å². The molecule has 32 nitrogen and oxygen atoms in total. The van der Waals surface area contributed by atoms with Gasteiger partial charge in [0.15, 0.2) is 22.3 Å². The van der Waals surface area contributed by atoms with Crippen LogP contribution in [0.15, 0.2) is 253 Å². The molecule has 0 spiro atoms. The molecule has 13 atom stereocenters. The predicted molar refractivity (Wildman–Crippen MR) is 472 cm³/mol. The van der Waals surface area contributed by atoms with Crippen LogP contribution >= 0.6 is 24.0 Å². The number of rotatable bonds is 27. The molecule has 6 aromatic carbocycles. The Balaban J connectivity index is 0.000000153. The van der Waals surface area contributed by atoms with Crippen LogP contribution in [0, 0.1) is 36.1 Å². The van der Waals surface area contributed by atoms with Crippen molar-refractivity contribution >= 4 is 92.4 Å². The fourth-order valence-corrected chi connectivity index (χ4v) is 16.5. The number of nitrogens with one attached hydrogen (secondary N) is 2. The molecule has 14 N–H and O–H groups in total. The van der Waals surface area contributed by atoms with Crippen LogP contribution in [0.5, 0.6) is 0 Å². The summed E-state index contributed by atoms with van der Waals surface area (Å²) in [5.74, 6) is -0.550. The van der Waals surface area contributed by atoms with Crippen LogP contribution in [-0.4, -0.2) is 162 Å². The first-order valence-corrected chi connectivity index (χ1v) is 40.1. The third kappa shape index (κ3) is 22.2. The van der Waals surface area contributed by atoms with Gasteiger partial charge in [-0.2, -0.15) is 9.97 Å². The number of halogens is 1. The van der Waals surface area contributed by atoms with E-state index in [4.69, 9.17) is 51.4 Å². The number of hydrogen-bond acceptors (Lipinski definition) is 26. The minimum absolute atomic E-state index is 0. The molecule has 8 heterocycles. The molecule has 644 valence electrons. The van der Waals surface area contributed by atoms with Crippen LogP contribution in [-0.2, 0) is 133 Å². The summed E-state index contributed by atoms with van der Waals surface area (Å²) in [6, 6.07) is 59.2. The molecule has 8 aromatic heterocycles. The Morgan fingerprint density at radius 3 is 1.15 bits per heavy atom. The summed E-state index contributed by atoms with van der Waals surface area (Å²) < 4.78 is 44.6. The van der Waals surface area contributed by atoms with E-state index < -0.39 is 35.8 Å². The number of aromatic amines is 2. The molecule has 2 radical (unpaired) electrons. The van der Waals surface area contributed by atoms with Gasteiger partial charge in [-0.1, -0.05) is 202 Å². The molecule has 14 aromatic rings. The first kappa shape index (κ1) is 94.2. The van der Waals surface area contributed by atoms with Crippen molar-refractivity contribution in [3.8, 4) is 0 Å². The number of aliphatic hydroxyl groups excluding tert-OH is 3. The van der Waals surface area contributed by atoms with E-state index in [1.165, 1.54) is 6.33 Å². The van der Waals surface area contributed by atoms with E-state index in [-0.39, 0.29) is 197 Å². The molecule has 1 unspecified atom stereocenters. The quantitative estimate of drug-likeness (QED) is 0.0130. The van der Waals surface area contributed by atoms with Gasteiger partial charge in [0.05, 0.1) is 146 Å². The second-order valence-electron chi connectivity index (χ2n) is 30.6. The fourth-order valence-electron chi connectivity index (χ4n) is 16.5. The number of aliphatic hydroxyl groups is 4. The molecule has 4 aliphatic rings. The summed E-state index contributed by atoms with van der Waals surface area (Å²) in [5.41, 5.74) is 33.3. The smallest absolute Gasteiger partial charge is 0.280 e. The van der Waals surface area contributed by atoms with Gasteiger partial charge in [0.1, 0.15) is 17.5 Å². The first-order chi connectivity index (χ1) is 59.4. The number of hydrogen-bond donors (Lipinski definition) is 10. The van der Waals surface area contributed by atoms with Crippen molar-refractivity contribution in [2.45, 2.75) is 120 Å². The van der Waals surface area contributed by atoms with Gasteiger partial charge in [-0.05, 0) is 88.2 Å². The number of nitrogen functional groups attached to an aromatic ring is 4. The SMILES string of the molecule is C=C1[C@H](CO)[C@@H](O)C[C@@H]1n1cnc2c(=O)[nH]c(N)nc21.C=C1[C@H](COCc2ccccc2)[C@@H](OCc2ccccc2)C[C@@H]1n1cnc2[c-]nc(N)nc21.C=C1[C@H](COCc2ccccc2)[C@@H](OCc2ccccc2)C[C@@H]1n1cnc2c(=O)[nH]c(N)nc21.I.Nc1n[c-]c2ncn([C@H]3C[C@H](OCc4ccccc4)C(COCc4ccccc4)[C@@]3(O)CO)c2n1.[Y].[Y]. The third-order valence-corrected chi connectivity index (χ3v) is 22.9. The summed E-state index contributed by atoms with van der Waals surface area (Å²) >= 11 is 0. The minimum Gasteiger partial charge on any atom is -0.420 e. The van der Waals surface area contributed by atoms with Crippen molar-refractivity contribution in [1.29, 1.82) is 0 Å². The van der Waals surface area contributed by atoms with Gasteiger partial charge in [0, 0.05) is 112 Å². The maximum Gasteiger partial charge on any atom is 0.280 e. The minimum atomic E-state index is -1.54. The Bertz CT molecular complexity index is 6010. The number of fused-ring (bicyclic) bond motifs is 4. The van der Waals surface area contributed by atoms with E-state index in [2.05, 4.69) is 116 Å². The number of anilines is 4. The molecule has 35 heteroatoms. The Labute approximate surface area is 787 Å². The second-order valence-corrected chi connectivity index (χ2v) is 30.6. The van der Waals surface area contributed by atoms with Crippen molar-refractivity contribution < 1.29 is 114 Å². The van der Waals surface area contributed by atoms with Gasteiger partial charge >= 0.3 is 0 Å². The van der Waals surface area contributed by atoms with Gasteiger partial charge < -0.3 is 110 Å². The van der Waals surface area contributed by atoms with Crippen molar-refractivity contribution in [2.75, 3.05) is 56.0 Å². The van der Waals surface area contributed by atoms with E-state index in [0.29, 0.717) is 111 Å². The maximum atomic E-state index is 12.3. The number of benzene rings is 6. The van der Waals surface area contributed by atoms with Crippen LogP contribution in [0.1, 0.15) is 83.2 Å². The van der Waals surface area contributed by atoms with Gasteiger partial charge in [0.25, 0.3) is 11.1 Å². The molecule has 0 saturated heterocycles. The summed E-state index contributed by atoms with van der Waals surface area (Å²) in [6.45, 7) is 16.2. The topological polar surface area (TPSA) is 455 Å². The Hall–Kier alpha value is -9.92. The zero-order valence-electron chi connectivity index (χ0n) is 68.5. The Morgan fingerprint density at radius 2 is 0.768 bits per heavy atom. The molecule has 18 rings (SSSR count). The van der Waals surface area contributed by atoms with Gasteiger partial charge in [-0.3, -0.25) is 29.5 Å². The average molecular weight is 1960 g/mol. The molecule has 125 heavy (non-hydrogen) atoms. The molecule has 0 amide bonds. The Kier molecular flexibility index (Phi) is 33.2. The maximum absolute atomic E-state index is 12.3. The van der Waals surface area contributed by atoms with Crippen LogP contribution in [0.25, 0.3) is 44.7 Å². The Morgan fingerprint density at radius 1 is 0.432 bits per heavy atom. The van der Waals surface area contributed by atoms with Crippen molar-refractivity contribution in [3.63, 3.8) is 0 Å². The molecule has 0 aliphatic heterocycles. The summed E-state index contributed by atoms with van der Waals surface area (Å²) in [5, 5.41) is 41.5. The van der Waals surface area contributed by atoms with E-state index in [0.717, 1.165) is 50.9 Å². The third-order valence-electron chi connectivity index (χ3n) is 22.9. The monoisotopic (exact) mass is 1950 g/mol. The predicted octanol–water partition coefficient (Wildman–Crippen LogP) is 9.83. The van der Waals surface area contributed by atoms with Crippen LogP contribution in [0.2, 0.25) is 0 Å².